The first-order valence-electron chi connectivity index (χ1n) is 18.6. The van der Waals surface area contributed by atoms with Crippen molar-refractivity contribution in [1.29, 1.82) is 0 Å². The number of aliphatic hydroxyl groups is 1. The number of fused-ring (bicyclic) bond motifs is 1. The van der Waals surface area contributed by atoms with E-state index >= 15 is 0 Å². The minimum Gasteiger partial charge on any atom is -0.412 e. The lowest BCUT2D eigenvalue weighted by Gasteiger charge is -2.35. The summed E-state index contributed by atoms with van der Waals surface area (Å²) in [5, 5.41) is 23.0. The number of benzene rings is 2. The maximum atomic E-state index is 14.5. The van der Waals surface area contributed by atoms with Gasteiger partial charge in [0.1, 0.15) is 18.1 Å². The smallest absolute Gasteiger partial charge is 0.251 e. The second kappa shape index (κ2) is 20.1. The van der Waals surface area contributed by atoms with Crippen molar-refractivity contribution in [1.82, 2.24) is 20.9 Å². The molecule has 0 saturated heterocycles. The third-order valence-corrected chi connectivity index (χ3v) is 9.86. The first-order chi connectivity index (χ1) is 24.3. The van der Waals surface area contributed by atoms with E-state index in [1.807, 2.05) is 58.0 Å². The summed E-state index contributed by atoms with van der Waals surface area (Å²) in [6, 6.07) is 12.5. The van der Waals surface area contributed by atoms with E-state index in [-0.39, 0.29) is 36.1 Å². The van der Waals surface area contributed by atoms with Gasteiger partial charge >= 0.3 is 0 Å². The summed E-state index contributed by atoms with van der Waals surface area (Å²) in [5.74, 6) is -1.61. The average molecular weight is 722 g/mol. The van der Waals surface area contributed by atoms with Gasteiger partial charge in [-0.25, -0.2) is 0 Å². The summed E-state index contributed by atoms with van der Waals surface area (Å²) in [4.78, 5) is 69.4. The molecular formula is C40H59N5O7. The summed E-state index contributed by atoms with van der Waals surface area (Å²) < 4.78 is 0. The predicted molar refractivity (Wildman–Crippen MR) is 201 cm³/mol. The molecule has 1 fully saturated rings. The summed E-state index contributed by atoms with van der Waals surface area (Å²) in [5.41, 5.74) is 1.96. The van der Waals surface area contributed by atoms with Crippen molar-refractivity contribution in [3.05, 3.63) is 65.7 Å². The molecule has 5 amide bonds. The minimum absolute atomic E-state index is 0. The normalized spacial score (nSPS) is 17.9. The van der Waals surface area contributed by atoms with E-state index in [4.69, 9.17) is 0 Å². The van der Waals surface area contributed by atoms with Crippen LogP contribution in [0.25, 0.3) is 0 Å². The van der Waals surface area contributed by atoms with Gasteiger partial charge in [-0.05, 0) is 42.2 Å². The lowest BCUT2D eigenvalue weighted by atomic mass is 9.83. The number of rotatable bonds is 17. The molecule has 1 saturated carbocycles. The molecule has 286 valence electrons. The molecule has 0 spiro atoms. The standard InChI is InChI=1S/C40H57N5O6.H2O/c1-25(2)20-33(38(49)43-32(21-28-14-8-6-9-15-28)35(47)23-36(48)41-24-26(3)4)44-39(50)34(22-29-16-10-7-11-17-29)45(27(5)46)37-30-18-12-13-19-31(30)42-40(37)51;/h7,10-13,16-19,25-26,28,32-35,37,47H,6,8-9,14-15,20-24H2,1-5H3,(H,41,48)(H,42,51)(H,43,49)(H,44,50);1H2/t32?,33-,34-,35?,37?;/m0./s1. The summed E-state index contributed by atoms with van der Waals surface area (Å²) in [6.45, 7) is 9.71. The van der Waals surface area contributed by atoms with E-state index in [0.717, 1.165) is 37.7 Å². The van der Waals surface area contributed by atoms with Crippen LogP contribution in [0.2, 0.25) is 0 Å². The Hall–Kier alpha value is -4.29. The number of hydrogen-bond acceptors (Lipinski definition) is 6. The van der Waals surface area contributed by atoms with Crippen molar-refractivity contribution < 1.29 is 34.6 Å². The number of para-hydroxylation sites is 1. The maximum absolute atomic E-state index is 14.5. The minimum atomic E-state index is -1.12. The fourth-order valence-electron chi connectivity index (χ4n) is 7.27. The zero-order valence-electron chi connectivity index (χ0n) is 31.3. The van der Waals surface area contributed by atoms with Gasteiger partial charge in [0.15, 0.2) is 0 Å². The van der Waals surface area contributed by atoms with Crippen LogP contribution in [-0.2, 0) is 30.4 Å². The molecule has 0 bridgehead atoms. The summed E-state index contributed by atoms with van der Waals surface area (Å²) >= 11 is 0. The highest BCUT2D eigenvalue weighted by molar-refractivity contribution is 6.05. The van der Waals surface area contributed by atoms with Crippen LogP contribution in [0.1, 0.15) is 103 Å². The SMILES string of the molecule is CC(=O)N(C1C(=O)Nc2ccccc21)[C@@H](Cc1ccccc1)C(=O)N[C@@H](CC(C)C)C(=O)NC(CC1CCCCC1)C(O)CC(=O)NCC(C)C.O. The molecule has 2 aliphatic rings. The third-order valence-electron chi connectivity index (χ3n) is 9.86. The molecule has 0 aromatic heterocycles. The third kappa shape index (κ3) is 11.9. The predicted octanol–water partition coefficient (Wildman–Crippen LogP) is 3.82. The van der Waals surface area contributed by atoms with Gasteiger partial charge in [-0.2, -0.15) is 0 Å². The molecule has 2 aromatic carbocycles. The van der Waals surface area contributed by atoms with Crippen molar-refractivity contribution >= 4 is 35.2 Å². The van der Waals surface area contributed by atoms with E-state index in [9.17, 15) is 29.1 Å². The van der Waals surface area contributed by atoms with E-state index in [2.05, 4.69) is 21.3 Å². The fraction of sp³-hybridized carbons (Fsp3) is 0.575. The number of nitrogens with one attached hydrogen (secondary N) is 4. The number of anilines is 1. The zero-order valence-corrected chi connectivity index (χ0v) is 31.3. The van der Waals surface area contributed by atoms with Crippen molar-refractivity contribution in [3.8, 4) is 0 Å². The van der Waals surface area contributed by atoms with Crippen LogP contribution < -0.4 is 21.3 Å². The van der Waals surface area contributed by atoms with Crippen LogP contribution >= 0.6 is 0 Å². The van der Waals surface area contributed by atoms with Gasteiger partial charge in [0.25, 0.3) is 5.91 Å². The van der Waals surface area contributed by atoms with Crippen molar-refractivity contribution in [2.45, 2.75) is 123 Å². The van der Waals surface area contributed by atoms with E-state index in [1.54, 1.807) is 24.3 Å². The van der Waals surface area contributed by atoms with Gasteiger partial charge in [-0.1, -0.05) is 108 Å². The van der Waals surface area contributed by atoms with Gasteiger partial charge in [-0.15, -0.1) is 0 Å². The molecular weight excluding hydrogens is 662 g/mol. The van der Waals surface area contributed by atoms with Gasteiger partial charge in [0.2, 0.25) is 23.6 Å². The topological polar surface area (TPSA) is 188 Å². The van der Waals surface area contributed by atoms with Crippen molar-refractivity contribution in [2.24, 2.45) is 17.8 Å². The number of nitrogens with zero attached hydrogens (tertiary/aromatic N) is 1. The van der Waals surface area contributed by atoms with Crippen LogP contribution in [0.15, 0.2) is 54.6 Å². The number of carbonyl (C=O) groups is 5. The van der Waals surface area contributed by atoms with Gasteiger partial charge in [-0.3, -0.25) is 24.0 Å². The molecule has 7 N–H and O–H groups in total. The van der Waals surface area contributed by atoms with Gasteiger partial charge in [0, 0.05) is 31.1 Å². The highest BCUT2D eigenvalue weighted by Crippen LogP contribution is 2.36. The first kappa shape index (κ1) is 42.1. The number of hydrogen-bond donors (Lipinski definition) is 5. The molecule has 12 nitrogen and oxygen atoms in total. The molecule has 0 radical (unpaired) electrons. The molecule has 3 unspecified atom stereocenters. The zero-order chi connectivity index (χ0) is 37.1. The van der Waals surface area contributed by atoms with E-state index in [1.165, 1.54) is 11.8 Å². The van der Waals surface area contributed by atoms with Crippen LogP contribution in [0, 0.1) is 17.8 Å². The second-order valence-electron chi connectivity index (χ2n) is 15.1. The Morgan fingerprint density at radius 2 is 1.54 bits per heavy atom. The fourth-order valence-corrected chi connectivity index (χ4v) is 7.27. The Morgan fingerprint density at radius 1 is 0.885 bits per heavy atom. The number of carbonyl (C=O) groups excluding carboxylic acids is 5. The largest absolute Gasteiger partial charge is 0.412 e. The van der Waals surface area contributed by atoms with Gasteiger partial charge < -0.3 is 36.7 Å². The second-order valence-corrected chi connectivity index (χ2v) is 15.1. The Balaban J connectivity index is 0.00000729. The Morgan fingerprint density at radius 3 is 2.17 bits per heavy atom. The molecule has 2 aromatic rings. The van der Waals surface area contributed by atoms with E-state index < -0.39 is 53.9 Å². The highest BCUT2D eigenvalue weighted by Gasteiger charge is 2.43. The van der Waals surface area contributed by atoms with Crippen LogP contribution in [0.3, 0.4) is 0 Å². The summed E-state index contributed by atoms with van der Waals surface area (Å²) in [6.07, 6.45) is 4.98. The van der Waals surface area contributed by atoms with Crippen LogP contribution in [-0.4, -0.2) is 75.8 Å². The quantitative estimate of drug-likeness (QED) is 0.165. The monoisotopic (exact) mass is 721 g/mol. The molecule has 12 heteroatoms. The van der Waals surface area contributed by atoms with Crippen molar-refractivity contribution in [2.75, 3.05) is 11.9 Å². The van der Waals surface area contributed by atoms with Crippen molar-refractivity contribution in [3.63, 3.8) is 0 Å². The lowest BCUT2D eigenvalue weighted by molar-refractivity contribution is -0.146. The highest BCUT2D eigenvalue weighted by atomic mass is 16.3. The number of aliphatic hydroxyl groups excluding tert-OH is 1. The Bertz CT molecular complexity index is 1490. The van der Waals surface area contributed by atoms with Gasteiger partial charge in [0.05, 0.1) is 18.6 Å². The molecule has 1 aliphatic carbocycles. The average Bonchev–Trinajstić information content (AvgIpc) is 3.42. The maximum Gasteiger partial charge on any atom is 0.251 e. The molecule has 1 heterocycles. The van der Waals surface area contributed by atoms with Crippen LogP contribution in [0.4, 0.5) is 5.69 Å². The molecule has 52 heavy (non-hydrogen) atoms. The molecule has 4 rings (SSSR count). The Kier molecular flexibility index (Phi) is 16.3. The Labute approximate surface area is 308 Å². The number of amides is 5. The summed E-state index contributed by atoms with van der Waals surface area (Å²) in [7, 11) is 0. The lowest BCUT2D eigenvalue weighted by Crippen LogP contribution is -2.58. The molecule has 5 atom stereocenters. The molecule has 1 aliphatic heterocycles. The van der Waals surface area contributed by atoms with E-state index in [0.29, 0.717) is 36.6 Å². The first-order valence-corrected chi connectivity index (χ1v) is 18.6. The van der Waals surface area contributed by atoms with Crippen LogP contribution in [0.5, 0.6) is 0 Å².